The Balaban J connectivity index is 2.05. The average Bonchev–Trinajstić information content (AvgIpc) is 2.95. The first kappa shape index (κ1) is 19.4. The van der Waals surface area contributed by atoms with E-state index in [1.54, 1.807) is 29.2 Å². The van der Waals surface area contributed by atoms with E-state index in [0.717, 1.165) is 12.8 Å². The number of hydrogen-bond donors (Lipinski definition) is 1. The lowest BCUT2D eigenvalue weighted by atomic mass is 10.1. The molecule has 2 rings (SSSR count). The Bertz CT molecular complexity index is 713. The molecule has 0 radical (unpaired) electrons. The smallest absolute Gasteiger partial charge is 0.254 e. The summed E-state index contributed by atoms with van der Waals surface area (Å²) < 4.78 is 23.3. The number of rotatable bonds is 7. The van der Waals surface area contributed by atoms with Crippen LogP contribution in [-0.2, 0) is 9.84 Å². The van der Waals surface area contributed by atoms with Gasteiger partial charge in [-0.05, 0) is 44.0 Å². The van der Waals surface area contributed by atoms with Gasteiger partial charge in [-0.3, -0.25) is 9.59 Å². The summed E-state index contributed by atoms with van der Waals surface area (Å²) in [6, 6.07) is 6.26. The van der Waals surface area contributed by atoms with Gasteiger partial charge < -0.3 is 10.2 Å². The van der Waals surface area contributed by atoms with Crippen LogP contribution in [0, 0.1) is 0 Å². The highest BCUT2D eigenvalue weighted by Gasteiger charge is 2.34. The number of nitrogens with zero attached hydrogens (tertiary/aromatic N) is 1. The molecule has 1 heterocycles. The minimum absolute atomic E-state index is 0.0322. The summed E-state index contributed by atoms with van der Waals surface area (Å²) in [5.74, 6) is -0.174. The van der Waals surface area contributed by atoms with Crippen molar-refractivity contribution in [1.29, 1.82) is 0 Å². The minimum atomic E-state index is -3.04. The molecule has 1 N–H and O–H groups in total. The van der Waals surface area contributed by atoms with Crippen LogP contribution in [0.1, 0.15) is 53.8 Å². The van der Waals surface area contributed by atoms with Gasteiger partial charge in [0, 0.05) is 30.3 Å². The van der Waals surface area contributed by atoms with E-state index < -0.39 is 9.84 Å². The van der Waals surface area contributed by atoms with Crippen LogP contribution < -0.4 is 5.32 Å². The Labute approximate surface area is 149 Å². The van der Waals surface area contributed by atoms with E-state index in [1.807, 2.05) is 6.92 Å². The second kappa shape index (κ2) is 8.47. The molecule has 2 amide bonds. The molecule has 6 nitrogen and oxygen atoms in total. The Morgan fingerprint density at radius 3 is 2.32 bits per heavy atom. The third kappa shape index (κ3) is 5.04. The number of benzene rings is 1. The van der Waals surface area contributed by atoms with Gasteiger partial charge in [0.2, 0.25) is 0 Å². The minimum Gasteiger partial charge on any atom is -0.352 e. The molecule has 1 aromatic carbocycles. The van der Waals surface area contributed by atoms with Crippen LogP contribution in [0.2, 0.25) is 0 Å². The fraction of sp³-hybridized carbons (Fsp3) is 0.556. The molecule has 1 atom stereocenters. The Hall–Kier alpha value is -1.89. The molecule has 1 aromatic rings. The Morgan fingerprint density at radius 2 is 1.80 bits per heavy atom. The lowest BCUT2D eigenvalue weighted by Gasteiger charge is -2.27. The highest BCUT2D eigenvalue weighted by atomic mass is 32.2. The van der Waals surface area contributed by atoms with Gasteiger partial charge in [-0.25, -0.2) is 8.42 Å². The molecule has 25 heavy (non-hydrogen) atoms. The topological polar surface area (TPSA) is 83.6 Å². The van der Waals surface area contributed by atoms with Crippen LogP contribution >= 0.6 is 0 Å². The highest BCUT2D eigenvalue weighted by Crippen LogP contribution is 2.20. The Morgan fingerprint density at radius 1 is 1.16 bits per heavy atom. The van der Waals surface area contributed by atoms with E-state index >= 15 is 0 Å². The van der Waals surface area contributed by atoms with Crippen molar-refractivity contribution in [3.8, 4) is 0 Å². The van der Waals surface area contributed by atoms with Crippen LogP contribution in [0.4, 0.5) is 0 Å². The number of carbonyl (C=O) groups excluding carboxylic acids is 2. The van der Waals surface area contributed by atoms with Crippen LogP contribution in [0.15, 0.2) is 24.3 Å². The second-order valence-corrected chi connectivity index (χ2v) is 8.56. The van der Waals surface area contributed by atoms with E-state index in [0.29, 0.717) is 30.6 Å². The van der Waals surface area contributed by atoms with Crippen LogP contribution in [-0.4, -0.2) is 55.8 Å². The third-order valence-corrected chi connectivity index (χ3v) is 6.21. The molecule has 1 aliphatic rings. The quantitative estimate of drug-likeness (QED) is 0.747. The molecule has 0 saturated carbocycles. The summed E-state index contributed by atoms with van der Waals surface area (Å²) in [4.78, 5) is 26.3. The van der Waals surface area contributed by atoms with E-state index in [1.165, 1.54) is 0 Å². The van der Waals surface area contributed by atoms with Crippen LogP contribution in [0.25, 0.3) is 0 Å². The fourth-order valence-electron chi connectivity index (χ4n) is 3.00. The zero-order chi connectivity index (χ0) is 18.4. The van der Waals surface area contributed by atoms with Gasteiger partial charge in [-0.15, -0.1) is 0 Å². The largest absolute Gasteiger partial charge is 0.352 e. The van der Waals surface area contributed by atoms with Crippen molar-refractivity contribution in [3.63, 3.8) is 0 Å². The second-order valence-electron chi connectivity index (χ2n) is 6.33. The number of unbranched alkanes of at least 4 members (excludes halogenated alkanes) is 1. The number of carbonyl (C=O) groups is 2. The van der Waals surface area contributed by atoms with Gasteiger partial charge in [-0.1, -0.05) is 13.3 Å². The van der Waals surface area contributed by atoms with Gasteiger partial charge >= 0.3 is 0 Å². The highest BCUT2D eigenvalue weighted by molar-refractivity contribution is 7.91. The van der Waals surface area contributed by atoms with Gasteiger partial charge in [0.15, 0.2) is 9.84 Å². The molecule has 1 saturated heterocycles. The zero-order valence-electron chi connectivity index (χ0n) is 14.8. The molecule has 0 bridgehead atoms. The molecule has 1 aliphatic heterocycles. The maximum atomic E-state index is 12.7. The molecule has 0 spiro atoms. The monoisotopic (exact) mass is 366 g/mol. The predicted molar refractivity (Wildman–Crippen MR) is 97.5 cm³/mol. The van der Waals surface area contributed by atoms with E-state index in [9.17, 15) is 18.0 Å². The van der Waals surface area contributed by atoms with Crippen LogP contribution in [0.3, 0.4) is 0 Å². The lowest BCUT2D eigenvalue weighted by molar-refractivity contribution is 0.0708. The SMILES string of the molecule is CCCCNC(=O)c1ccc(C(=O)N(CC)C2CCS(=O)(=O)C2)cc1. The number of sulfone groups is 1. The van der Waals surface area contributed by atoms with Crippen molar-refractivity contribution < 1.29 is 18.0 Å². The molecule has 138 valence electrons. The molecular weight excluding hydrogens is 340 g/mol. The molecule has 0 aromatic heterocycles. The van der Waals surface area contributed by atoms with E-state index in [4.69, 9.17) is 0 Å². The predicted octanol–water partition coefficient (Wildman–Crippen LogP) is 1.87. The van der Waals surface area contributed by atoms with Gasteiger partial charge in [0.25, 0.3) is 11.8 Å². The molecule has 0 aliphatic carbocycles. The van der Waals surface area contributed by atoms with Crippen molar-refractivity contribution in [2.45, 2.75) is 39.2 Å². The average molecular weight is 366 g/mol. The lowest BCUT2D eigenvalue weighted by Crippen LogP contribution is -2.41. The van der Waals surface area contributed by atoms with Crippen molar-refractivity contribution >= 4 is 21.7 Å². The van der Waals surface area contributed by atoms with E-state index in [2.05, 4.69) is 12.2 Å². The number of amides is 2. The summed E-state index contributed by atoms with van der Waals surface area (Å²) in [5, 5.41) is 2.84. The normalized spacial score (nSPS) is 18.7. The number of nitrogens with one attached hydrogen (secondary N) is 1. The van der Waals surface area contributed by atoms with Gasteiger partial charge in [-0.2, -0.15) is 0 Å². The van der Waals surface area contributed by atoms with Crippen molar-refractivity contribution in [3.05, 3.63) is 35.4 Å². The summed E-state index contributed by atoms with van der Waals surface area (Å²) >= 11 is 0. The van der Waals surface area contributed by atoms with Crippen molar-refractivity contribution in [2.24, 2.45) is 0 Å². The zero-order valence-corrected chi connectivity index (χ0v) is 15.6. The number of hydrogen-bond acceptors (Lipinski definition) is 4. The maximum Gasteiger partial charge on any atom is 0.254 e. The first-order valence-corrected chi connectivity index (χ1v) is 10.6. The molecule has 1 unspecified atom stereocenters. The fourth-order valence-corrected chi connectivity index (χ4v) is 4.73. The summed E-state index contributed by atoms with van der Waals surface area (Å²) in [5.41, 5.74) is 0.982. The summed E-state index contributed by atoms with van der Waals surface area (Å²) in [6.45, 7) is 4.99. The van der Waals surface area contributed by atoms with E-state index in [-0.39, 0.29) is 29.4 Å². The van der Waals surface area contributed by atoms with Crippen molar-refractivity contribution in [2.75, 3.05) is 24.6 Å². The van der Waals surface area contributed by atoms with Gasteiger partial charge in [0.1, 0.15) is 0 Å². The van der Waals surface area contributed by atoms with Crippen molar-refractivity contribution in [1.82, 2.24) is 10.2 Å². The van der Waals surface area contributed by atoms with Crippen LogP contribution in [0.5, 0.6) is 0 Å². The summed E-state index contributed by atoms with van der Waals surface area (Å²) in [6.07, 6.45) is 2.43. The molecule has 1 fully saturated rings. The summed E-state index contributed by atoms with van der Waals surface area (Å²) in [7, 11) is -3.04. The standard InChI is InChI=1S/C18H26N2O4S/c1-3-5-11-19-17(21)14-6-8-15(9-7-14)18(22)20(4-2)16-10-12-25(23,24)13-16/h6-9,16H,3-5,10-13H2,1-2H3,(H,19,21). The first-order valence-electron chi connectivity index (χ1n) is 8.77. The maximum absolute atomic E-state index is 12.7. The third-order valence-electron chi connectivity index (χ3n) is 4.46. The molecule has 7 heteroatoms. The van der Waals surface area contributed by atoms with Gasteiger partial charge in [0.05, 0.1) is 11.5 Å². The first-order chi connectivity index (χ1) is 11.9. The molecular formula is C18H26N2O4S. The Kier molecular flexibility index (Phi) is 6.58.